The molecule has 0 aromatic rings. The lowest BCUT2D eigenvalue weighted by atomic mass is 9.71. The van der Waals surface area contributed by atoms with Gasteiger partial charge in [-0.15, -0.1) is 0 Å². The topological polar surface area (TPSA) is 35.5 Å². The molecule has 0 aliphatic heterocycles. The maximum atomic E-state index is 11.5. The van der Waals surface area contributed by atoms with E-state index in [1.165, 1.54) is 32.8 Å². The third-order valence-corrected chi connectivity index (χ3v) is 5.64. The Morgan fingerprint density at radius 3 is 2.82 bits per heavy atom. The summed E-state index contributed by atoms with van der Waals surface area (Å²) in [6.45, 7) is 2.15. The fraction of sp³-hybridized carbons (Fsp3) is 0.929. The molecule has 0 spiro atoms. The van der Waals surface area contributed by atoms with Crippen LogP contribution < -0.4 is 0 Å². The maximum Gasteiger partial charge on any atom is 0.508 e. The number of ether oxygens (including phenoxy) is 2. The first kappa shape index (κ1) is 11.4. The van der Waals surface area contributed by atoms with Crippen LogP contribution in [0.3, 0.4) is 0 Å². The molecule has 0 N–H and O–H groups in total. The first-order valence-electron chi connectivity index (χ1n) is 6.97. The van der Waals surface area contributed by atoms with Crippen molar-refractivity contribution >= 4 is 6.16 Å². The Morgan fingerprint density at radius 1 is 1.35 bits per heavy atom. The summed E-state index contributed by atoms with van der Waals surface area (Å²) in [5.74, 6) is 3.15. The number of fused-ring (bicyclic) bond motifs is 5. The van der Waals surface area contributed by atoms with Crippen LogP contribution in [0.1, 0.15) is 45.4 Å². The molecule has 0 aromatic heterocycles. The highest BCUT2D eigenvalue weighted by Gasteiger charge is 2.62. The monoisotopic (exact) mass is 238 g/mol. The molecule has 0 heterocycles. The summed E-state index contributed by atoms with van der Waals surface area (Å²) in [6, 6.07) is 0. The van der Waals surface area contributed by atoms with Gasteiger partial charge in [-0.2, -0.15) is 0 Å². The van der Waals surface area contributed by atoms with Crippen LogP contribution in [0.15, 0.2) is 0 Å². The van der Waals surface area contributed by atoms with Gasteiger partial charge in [0, 0.05) is 5.92 Å². The molecule has 3 aliphatic rings. The molecular formula is C14H22O3. The zero-order valence-electron chi connectivity index (χ0n) is 10.8. The lowest BCUT2D eigenvalue weighted by molar-refractivity contribution is -0.0825. The van der Waals surface area contributed by atoms with Crippen molar-refractivity contribution in [2.24, 2.45) is 23.7 Å². The molecule has 3 saturated carbocycles. The lowest BCUT2D eigenvalue weighted by Gasteiger charge is -2.41. The van der Waals surface area contributed by atoms with Gasteiger partial charge in [0.2, 0.25) is 0 Å². The van der Waals surface area contributed by atoms with E-state index in [4.69, 9.17) is 9.47 Å². The van der Waals surface area contributed by atoms with E-state index < -0.39 is 6.16 Å². The Bertz CT molecular complexity index is 327. The zero-order chi connectivity index (χ0) is 12.0. The van der Waals surface area contributed by atoms with E-state index in [2.05, 4.69) is 6.92 Å². The highest BCUT2D eigenvalue weighted by molar-refractivity contribution is 5.60. The normalized spacial score (nSPS) is 46.9. The summed E-state index contributed by atoms with van der Waals surface area (Å²) >= 11 is 0. The molecule has 0 saturated heterocycles. The molecule has 3 aliphatic carbocycles. The summed E-state index contributed by atoms with van der Waals surface area (Å²) in [6.07, 6.45) is 6.92. The van der Waals surface area contributed by atoms with Crippen molar-refractivity contribution in [1.29, 1.82) is 0 Å². The summed E-state index contributed by atoms with van der Waals surface area (Å²) in [5.41, 5.74) is -0.205. The number of carbonyl (C=O) groups excluding carboxylic acids is 1. The number of hydrogen-bond donors (Lipinski definition) is 0. The van der Waals surface area contributed by atoms with Gasteiger partial charge in [-0.25, -0.2) is 4.79 Å². The third kappa shape index (κ3) is 1.50. The van der Waals surface area contributed by atoms with Crippen LogP contribution in [0.2, 0.25) is 0 Å². The molecule has 0 aromatic carbocycles. The summed E-state index contributed by atoms with van der Waals surface area (Å²) in [5, 5.41) is 0. The number of methoxy groups -OCH3 is 1. The van der Waals surface area contributed by atoms with Gasteiger partial charge < -0.3 is 9.47 Å². The molecule has 2 bridgehead atoms. The number of rotatable bonds is 2. The highest BCUT2D eigenvalue weighted by atomic mass is 16.7. The second-order valence-corrected chi connectivity index (χ2v) is 6.04. The van der Waals surface area contributed by atoms with Crippen LogP contribution in [0.4, 0.5) is 4.79 Å². The quantitative estimate of drug-likeness (QED) is 0.692. The van der Waals surface area contributed by atoms with Crippen LogP contribution in [-0.2, 0) is 9.47 Å². The lowest BCUT2D eigenvalue weighted by Crippen LogP contribution is -2.44. The predicted molar refractivity (Wildman–Crippen MR) is 63.6 cm³/mol. The van der Waals surface area contributed by atoms with Gasteiger partial charge in [0.05, 0.1) is 7.11 Å². The molecule has 3 fully saturated rings. The van der Waals surface area contributed by atoms with Crippen LogP contribution in [0.25, 0.3) is 0 Å². The van der Waals surface area contributed by atoms with Crippen molar-refractivity contribution in [2.75, 3.05) is 7.11 Å². The van der Waals surface area contributed by atoms with Gasteiger partial charge in [-0.05, 0) is 49.9 Å². The second kappa shape index (κ2) is 3.89. The van der Waals surface area contributed by atoms with Crippen LogP contribution in [-0.4, -0.2) is 18.9 Å². The number of carbonyl (C=O) groups is 1. The Kier molecular flexibility index (Phi) is 2.60. The van der Waals surface area contributed by atoms with Crippen molar-refractivity contribution in [3.8, 4) is 0 Å². The first-order valence-corrected chi connectivity index (χ1v) is 6.97. The maximum absolute atomic E-state index is 11.5. The van der Waals surface area contributed by atoms with Gasteiger partial charge in [-0.3, -0.25) is 0 Å². The SMILES string of the molecule is CCC1(OC(=O)OC)CC2CC1C1CCCC21. The second-order valence-electron chi connectivity index (χ2n) is 6.04. The largest absolute Gasteiger partial charge is 0.508 e. The van der Waals surface area contributed by atoms with Crippen molar-refractivity contribution in [1.82, 2.24) is 0 Å². The molecule has 5 unspecified atom stereocenters. The van der Waals surface area contributed by atoms with Crippen LogP contribution in [0, 0.1) is 23.7 Å². The molecule has 5 atom stereocenters. The smallest absolute Gasteiger partial charge is 0.438 e. The molecule has 3 nitrogen and oxygen atoms in total. The Labute approximate surface area is 103 Å². The average Bonchev–Trinajstić information content (AvgIpc) is 2.99. The summed E-state index contributed by atoms with van der Waals surface area (Å²) < 4.78 is 10.4. The van der Waals surface area contributed by atoms with Gasteiger partial charge in [0.1, 0.15) is 5.60 Å². The van der Waals surface area contributed by atoms with Gasteiger partial charge in [-0.1, -0.05) is 13.3 Å². The van der Waals surface area contributed by atoms with E-state index >= 15 is 0 Å². The summed E-state index contributed by atoms with van der Waals surface area (Å²) in [7, 11) is 1.40. The van der Waals surface area contributed by atoms with Crippen molar-refractivity contribution in [3.63, 3.8) is 0 Å². The zero-order valence-corrected chi connectivity index (χ0v) is 10.8. The standard InChI is InChI=1S/C14H22O3/c1-3-14(17-13(15)16-2)8-9-7-12(14)11-6-4-5-10(9)11/h9-12H,3-8H2,1-2H3. The molecule has 3 heteroatoms. The van der Waals surface area contributed by atoms with E-state index in [-0.39, 0.29) is 5.60 Å². The van der Waals surface area contributed by atoms with E-state index in [0.717, 1.165) is 30.6 Å². The molecule has 3 rings (SSSR count). The average molecular weight is 238 g/mol. The minimum absolute atomic E-state index is 0.205. The van der Waals surface area contributed by atoms with Crippen molar-refractivity contribution in [2.45, 2.75) is 51.0 Å². The summed E-state index contributed by atoms with van der Waals surface area (Å²) in [4.78, 5) is 11.5. The van der Waals surface area contributed by atoms with Crippen LogP contribution in [0.5, 0.6) is 0 Å². The Morgan fingerprint density at radius 2 is 2.12 bits per heavy atom. The van der Waals surface area contributed by atoms with E-state index in [1.807, 2.05) is 0 Å². The van der Waals surface area contributed by atoms with E-state index in [1.54, 1.807) is 0 Å². The molecule has 96 valence electrons. The highest BCUT2D eigenvalue weighted by Crippen LogP contribution is 2.64. The fourth-order valence-electron chi connectivity index (χ4n) is 5.02. The minimum atomic E-state index is -0.492. The predicted octanol–water partition coefficient (Wildman–Crippen LogP) is 3.37. The molecular weight excluding hydrogens is 216 g/mol. The third-order valence-electron chi connectivity index (χ3n) is 5.64. The van der Waals surface area contributed by atoms with Gasteiger partial charge in [0.15, 0.2) is 0 Å². The van der Waals surface area contributed by atoms with E-state index in [0.29, 0.717) is 5.92 Å². The Balaban J connectivity index is 1.81. The first-order chi connectivity index (χ1) is 8.20. The van der Waals surface area contributed by atoms with Crippen molar-refractivity contribution < 1.29 is 14.3 Å². The van der Waals surface area contributed by atoms with Gasteiger partial charge in [0.25, 0.3) is 0 Å². The Hall–Kier alpha value is -0.730. The molecule has 0 amide bonds. The number of hydrogen-bond acceptors (Lipinski definition) is 3. The van der Waals surface area contributed by atoms with Crippen molar-refractivity contribution in [3.05, 3.63) is 0 Å². The fourth-order valence-corrected chi connectivity index (χ4v) is 5.02. The minimum Gasteiger partial charge on any atom is -0.438 e. The molecule has 17 heavy (non-hydrogen) atoms. The van der Waals surface area contributed by atoms with Crippen LogP contribution >= 0.6 is 0 Å². The van der Waals surface area contributed by atoms with E-state index in [9.17, 15) is 4.79 Å². The van der Waals surface area contributed by atoms with Gasteiger partial charge >= 0.3 is 6.16 Å². The molecule has 0 radical (unpaired) electrons.